The van der Waals surface area contributed by atoms with Gasteiger partial charge in [-0.3, -0.25) is 0 Å². The minimum absolute atomic E-state index is 0.692. The van der Waals surface area contributed by atoms with Gasteiger partial charge in [-0.05, 0) is 26.2 Å². The lowest BCUT2D eigenvalue weighted by Crippen LogP contribution is -2.10. The van der Waals surface area contributed by atoms with Crippen LogP contribution in [0.4, 0.5) is 0 Å². The van der Waals surface area contributed by atoms with E-state index in [2.05, 4.69) is 9.88 Å². The lowest BCUT2D eigenvalue weighted by molar-refractivity contribution is 0.398. The van der Waals surface area contributed by atoms with Gasteiger partial charge in [0.05, 0.1) is 10.7 Å². The summed E-state index contributed by atoms with van der Waals surface area (Å²) in [5, 5.41) is 0.692. The third-order valence-corrected chi connectivity index (χ3v) is 2.26. The molecule has 14 heavy (non-hydrogen) atoms. The summed E-state index contributed by atoms with van der Waals surface area (Å²) < 4.78 is 1.95. The van der Waals surface area contributed by atoms with Crippen molar-refractivity contribution in [3.8, 4) is 0 Å². The topological polar surface area (TPSA) is 20.5 Å². The van der Waals surface area contributed by atoms with E-state index in [9.17, 15) is 0 Å². The molecule has 0 N–H and O–H groups in total. The second-order valence-electron chi connectivity index (χ2n) is 3.56. The van der Waals surface area contributed by atoms with Crippen LogP contribution < -0.4 is 0 Å². The summed E-state index contributed by atoms with van der Waals surface area (Å²) in [5.74, 6) is 0. The highest BCUT2D eigenvalue weighted by atomic mass is 35.5. The smallest absolute Gasteiger partial charge is 0.155 e. The van der Waals surface area contributed by atoms with Gasteiger partial charge < -0.3 is 9.30 Å². The van der Waals surface area contributed by atoms with Crippen molar-refractivity contribution < 1.29 is 0 Å². The molecule has 0 aliphatic rings. The maximum Gasteiger partial charge on any atom is 0.155 e. The molecule has 0 aliphatic carbocycles. The Labute approximate surface area is 87.9 Å². The molecule has 0 atom stereocenters. The summed E-state index contributed by atoms with van der Waals surface area (Å²) in [4.78, 5) is 6.52. The van der Waals surface area contributed by atoms with Crippen molar-refractivity contribution in [2.75, 3.05) is 14.1 Å². The van der Waals surface area contributed by atoms with Crippen molar-refractivity contribution in [1.29, 1.82) is 0 Å². The molecular weight excluding hydrogens is 198 g/mol. The van der Waals surface area contributed by atoms with Crippen LogP contribution in [-0.2, 0) is 6.54 Å². The first-order chi connectivity index (χ1) is 6.66. The van der Waals surface area contributed by atoms with Crippen LogP contribution in [0, 0.1) is 0 Å². The predicted octanol–water partition coefficient (Wildman–Crippen LogP) is 2.05. The summed E-state index contributed by atoms with van der Waals surface area (Å²) >= 11 is 6.01. The fourth-order valence-electron chi connectivity index (χ4n) is 1.43. The Bertz CT molecular complexity index is 448. The van der Waals surface area contributed by atoms with E-state index in [0.717, 1.165) is 17.9 Å². The molecule has 0 amide bonds. The summed E-state index contributed by atoms with van der Waals surface area (Å²) in [6.45, 7) is 0.831. The van der Waals surface area contributed by atoms with Gasteiger partial charge in [0, 0.05) is 18.9 Å². The number of rotatable bonds is 2. The number of imidazole rings is 1. The van der Waals surface area contributed by atoms with Crippen LogP contribution in [0.25, 0.3) is 5.65 Å². The molecule has 4 heteroatoms. The molecule has 0 radical (unpaired) electrons. The van der Waals surface area contributed by atoms with Crippen molar-refractivity contribution in [3.63, 3.8) is 0 Å². The molecule has 0 bridgehead atoms. The van der Waals surface area contributed by atoms with Gasteiger partial charge in [0.2, 0.25) is 0 Å². The number of hydrogen-bond donors (Lipinski definition) is 0. The molecule has 0 spiro atoms. The highest BCUT2D eigenvalue weighted by molar-refractivity contribution is 6.33. The Morgan fingerprint density at radius 3 is 2.93 bits per heavy atom. The van der Waals surface area contributed by atoms with E-state index in [1.807, 2.05) is 43.0 Å². The van der Waals surface area contributed by atoms with Crippen molar-refractivity contribution >= 4 is 17.2 Å². The Balaban J connectivity index is 2.46. The van der Waals surface area contributed by atoms with E-state index in [4.69, 9.17) is 11.6 Å². The van der Waals surface area contributed by atoms with Gasteiger partial charge in [0.25, 0.3) is 0 Å². The average Bonchev–Trinajstić information content (AvgIpc) is 2.47. The van der Waals surface area contributed by atoms with Crippen LogP contribution in [0.5, 0.6) is 0 Å². The predicted molar refractivity (Wildman–Crippen MR) is 57.6 cm³/mol. The first-order valence-electron chi connectivity index (χ1n) is 4.43. The van der Waals surface area contributed by atoms with E-state index in [-0.39, 0.29) is 0 Å². The molecule has 2 aromatic rings. The standard InChI is InChI=1S/C10H12ClN3/c1-13(2)6-8-7-14-5-3-4-9(11)10(14)12-8/h3-5,7H,6H2,1-2H3. The van der Waals surface area contributed by atoms with E-state index >= 15 is 0 Å². The van der Waals surface area contributed by atoms with Gasteiger partial charge in [-0.2, -0.15) is 0 Å². The van der Waals surface area contributed by atoms with Crippen LogP contribution >= 0.6 is 11.6 Å². The molecule has 2 rings (SSSR count). The lowest BCUT2D eigenvalue weighted by atomic mass is 10.4. The van der Waals surface area contributed by atoms with Crippen LogP contribution in [0.15, 0.2) is 24.5 Å². The summed E-state index contributed by atoms with van der Waals surface area (Å²) in [5.41, 5.74) is 1.86. The molecule has 0 aliphatic heterocycles. The number of halogens is 1. The van der Waals surface area contributed by atoms with E-state index in [1.165, 1.54) is 0 Å². The number of fused-ring (bicyclic) bond motifs is 1. The Hall–Kier alpha value is -1.06. The first kappa shape index (κ1) is 9.49. The minimum atomic E-state index is 0.692. The summed E-state index contributed by atoms with van der Waals surface area (Å²) in [7, 11) is 4.04. The number of hydrogen-bond acceptors (Lipinski definition) is 2. The molecule has 2 aromatic heterocycles. The fourth-order valence-corrected chi connectivity index (χ4v) is 1.64. The maximum atomic E-state index is 6.01. The van der Waals surface area contributed by atoms with Gasteiger partial charge in [0.1, 0.15) is 0 Å². The van der Waals surface area contributed by atoms with Crippen LogP contribution in [-0.4, -0.2) is 28.4 Å². The molecule has 0 saturated carbocycles. The Kier molecular flexibility index (Phi) is 2.44. The van der Waals surface area contributed by atoms with Gasteiger partial charge in [-0.25, -0.2) is 4.98 Å². The van der Waals surface area contributed by atoms with E-state index in [0.29, 0.717) is 5.02 Å². The third-order valence-electron chi connectivity index (χ3n) is 1.96. The Morgan fingerprint density at radius 2 is 2.29 bits per heavy atom. The molecule has 0 aromatic carbocycles. The second-order valence-corrected chi connectivity index (χ2v) is 3.96. The quantitative estimate of drug-likeness (QED) is 0.755. The molecule has 0 fully saturated rings. The number of nitrogens with zero attached hydrogens (tertiary/aromatic N) is 3. The summed E-state index contributed by atoms with van der Waals surface area (Å²) in [6, 6.07) is 3.76. The zero-order chi connectivity index (χ0) is 10.1. The molecule has 3 nitrogen and oxygen atoms in total. The molecule has 74 valence electrons. The molecule has 2 heterocycles. The first-order valence-corrected chi connectivity index (χ1v) is 4.81. The highest BCUT2D eigenvalue weighted by Gasteiger charge is 2.04. The van der Waals surface area contributed by atoms with Crippen molar-refractivity contribution in [2.24, 2.45) is 0 Å². The van der Waals surface area contributed by atoms with Crippen molar-refractivity contribution in [3.05, 3.63) is 35.2 Å². The lowest BCUT2D eigenvalue weighted by Gasteiger charge is -2.04. The fraction of sp³-hybridized carbons (Fsp3) is 0.300. The minimum Gasteiger partial charge on any atom is -0.306 e. The average molecular weight is 210 g/mol. The van der Waals surface area contributed by atoms with Gasteiger partial charge >= 0.3 is 0 Å². The van der Waals surface area contributed by atoms with Gasteiger partial charge in [0.15, 0.2) is 5.65 Å². The SMILES string of the molecule is CN(C)Cc1cn2cccc(Cl)c2n1. The number of pyridine rings is 1. The molecule has 0 unspecified atom stereocenters. The zero-order valence-corrected chi connectivity index (χ0v) is 8.99. The Morgan fingerprint density at radius 1 is 1.50 bits per heavy atom. The van der Waals surface area contributed by atoms with Crippen molar-refractivity contribution in [1.82, 2.24) is 14.3 Å². The maximum absolute atomic E-state index is 6.01. The zero-order valence-electron chi connectivity index (χ0n) is 8.24. The molecule has 0 saturated heterocycles. The molecular formula is C10H12ClN3. The number of aromatic nitrogens is 2. The van der Waals surface area contributed by atoms with Crippen LogP contribution in [0.1, 0.15) is 5.69 Å². The van der Waals surface area contributed by atoms with E-state index in [1.54, 1.807) is 0 Å². The largest absolute Gasteiger partial charge is 0.306 e. The van der Waals surface area contributed by atoms with Gasteiger partial charge in [-0.15, -0.1) is 0 Å². The monoisotopic (exact) mass is 209 g/mol. The highest BCUT2D eigenvalue weighted by Crippen LogP contribution is 2.16. The second kappa shape index (κ2) is 3.59. The third kappa shape index (κ3) is 1.74. The normalized spacial score (nSPS) is 11.4. The van der Waals surface area contributed by atoms with Crippen molar-refractivity contribution in [2.45, 2.75) is 6.54 Å². The van der Waals surface area contributed by atoms with E-state index < -0.39 is 0 Å². The van der Waals surface area contributed by atoms with Crippen LogP contribution in [0.2, 0.25) is 5.02 Å². The van der Waals surface area contributed by atoms with Gasteiger partial charge in [-0.1, -0.05) is 11.6 Å². The van der Waals surface area contributed by atoms with Crippen LogP contribution in [0.3, 0.4) is 0 Å². The summed E-state index contributed by atoms with van der Waals surface area (Å²) in [6.07, 6.45) is 3.95.